The molecule has 0 heterocycles. The van der Waals surface area contributed by atoms with E-state index in [1.165, 1.54) is 12.1 Å². The maximum Gasteiger partial charge on any atom is 0.323 e. The van der Waals surface area contributed by atoms with Gasteiger partial charge in [0.2, 0.25) is 0 Å². The second-order valence-corrected chi connectivity index (χ2v) is 4.64. The smallest absolute Gasteiger partial charge is 0.323 e. The number of rotatable bonds is 4. The first-order valence-corrected chi connectivity index (χ1v) is 5.88. The normalized spacial score (nSPS) is 11.6. The van der Waals surface area contributed by atoms with Crippen molar-refractivity contribution in [3.05, 3.63) is 23.8 Å². The van der Waals surface area contributed by atoms with Crippen molar-refractivity contribution in [3.63, 3.8) is 0 Å². The summed E-state index contributed by atoms with van der Waals surface area (Å²) in [5.41, 5.74) is 6.57. The van der Waals surface area contributed by atoms with Gasteiger partial charge in [0.1, 0.15) is 0 Å². The van der Waals surface area contributed by atoms with E-state index >= 15 is 0 Å². The van der Waals surface area contributed by atoms with E-state index < -0.39 is 10.1 Å². The molecule has 6 heteroatoms. The lowest BCUT2D eigenvalue weighted by Gasteiger charge is -2.07. The molecule has 3 N–H and O–H groups in total. The van der Waals surface area contributed by atoms with Crippen LogP contribution in [0.5, 0.6) is 0 Å². The molecule has 0 saturated carbocycles. The Kier molecular flexibility index (Phi) is 3.67. The highest BCUT2D eigenvalue weighted by molar-refractivity contribution is 7.86. The van der Waals surface area contributed by atoms with Gasteiger partial charge in [-0.3, -0.25) is 0 Å². The molecule has 0 aliphatic heterocycles. The zero-order chi connectivity index (χ0) is 11.5. The van der Waals surface area contributed by atoms with Crippen molar-refractivity contribution in [1.82, 2.24) is 0 Å². The lowest BCUT2D eigenvalue weighted by molar-refractivity contribution is -0.130. The number of nitrogens with two attached hydrogens (primary N) is 1. The predicted molar refractivity (Wildman–Crippen MR) is 55.7 cm³/mol. The number of aryl methyl sites for hydroxylation is 1. The third-order valence-electron chi connectivity index (χ3n) is 1.97. The highest BCUT2D eigenvalue weighted by atomic mass is 32.2. The molecule has 0 aliphatic rings. The molecule has 1 rings (SSSR count). The Morgan fingerprint density at radius 3 is 2.67 bits per heavy atom. The molecule has 15 heavy (non-hydrogen) atoms. The molecule has 1 aromatic rings. The average molecular weight is 231 g/mol. The minimum Gasteiger partial charge on any atom is -0.399 e. The van der Waals surface area contributed by atoms with E-state index in [9.17, 15) is 8.42 Å². The van der Waals surface area contributed by atoms with E-state index in [-0.39, 0.29) is 4.90 Å². The van der Waals surface area contributed by atoms with E-state index in [4.69, 9.17) is 11.0 Å². The Balaban J connectivity index is 3.29. The van der Waals surface area contributed by atoms with E-state index in [1.54, 1.807) is 6.07 Å². The van der Waals surface area contributed by atoms with Crippen molar-refractivity contribution < 1.29 is 18.0 Å². The van der Waals surface area contributed by atoms with Gasteiger partial charge < -0.3 is 5.73 Å². The zero-order valence-electron chi connectivity index (χ0n) is 8.30. The summed E-state index contributed by atoms with van der Waals surface area (Å²) >= 11 is 0. The molecule has 0 spiro atoms. The van der Waals surface area contributed by atoms with E-state index in [1.807, 2.05) is 6.92 Å². The molecule has 0 bridgehead atoms. The number of nitrogen functional groups attached to an aromatic ring is 1. The van der Waals surface area contributed by atoms with Gasteiger partial charge >= 0.3 is 10.1 Å². The van der Waals surface area contributed by atoms with Gasteiger partial charge in [-0.15, -0.1) is 4.33 Å². The fraction of sp³-hybridized carbons (Fsp3) is 0.333. The molecule has 0 unspecified atom stereocenters. The van der Waals surface area contributed by atoms with Gasteiger partial charge in [-0.25, -0.2) is 5.26 Å². The van der Waals surface area contributed by atoms with Crippen molar-refractivity contribution in [3.8, 4) is 0 Å². The van der Waals surface area contributed by atoms with Crippen LogP contribution in [0.15, 0.2) is 23.1 Å². The summed E-state index contributed by atoms with van der Waals surface area (Å²) in [6.07, 6.45) is 1.33. The average Bonchev–Trinajstić information content (AvgIpc) is 2.18. The zero-order valence-corrected chi connectivity index (χ0v) is 9.12. The Hall–Kier alpha value is -1.11. The van der Waals surface area contributed by atoms with Crippen LogP contribution in [-0.2, 0) is 20.9 Å². The molecular formula is C9H13NO4S. The number of benzene rings is 1. The quantitative estimate of drug-likeness (QED) is 0.464. The molecule has 0 aliphatic carbocycles. The minimum absolute atomic E-state index is 0.0407. The van der Waals surface area contributed by atoms with Gasteiger partial charge in [-0.2, -0.15) is 8.42 Å². The first kappa shape index (κ1) is 12.0. The van der Waals surface area contributed by atoms with E-state index in [0.717, 1.165) is 6.42 Å². The number of anilines is 1. The lowest BCUT2D eigenvalue weighted by atomic mass is 10.1. The van der Waals surface area contributed by atoms with Crippen LogP contribution in [0, 0.1) is 0 Å². The van der Waals surface area contributed by atoms with E-state index in [2.05, 4.69) is 4.33 Å². The Labute approximate surface area is 88.5 Å². The van der Waals surface area contributed by atoms with Crippen LogP contribution in [0.4, 0.5) is 5.69 Å². The SMILES string of the molecule is CCCc1cc(N)ccc1S(=O)(=O)OO. The van der Waals surface area contributed by atoms with Crippen LogP contribution in [-0.4, -0.2) is 13.7 Å². The lowest BCUT2D eigenvalue weighted by Crippen LogP contribution is -2.07. The van der Waals surface area contributed by atoms with Gasteiger partial charge in [-0.1, -0.05) is 13.3 Å². The highest BCUT2D eigenvalue weighted by Gasteiger charge is 2.18. The van der Waals surface area contributed by atoms with E-state index in [0.29, 0.717) is 17.7 Å². The van der Waals surface area contributed by atoms with Crippen LogP contribution in [0.1, 0.15) is 18.9 Å². The monoisotopic (exact) mass is 231 g/mol. The topological polar surface area (TPSA) is 89.6 Å². The number of hydrogen-bond donors (Lipinski definition) is 2. The van der Waals surface area contributed by atoms with Crippen molar-refractivity contribution in [2.75, 3.05) is 5.73 Å². The maximum atomic E-state index is 11.3. The summed E-state index contributed by atoms with van der Waals surface area (Å²) in [5, 5.41) is 8.29. The first-order valence-electron chi connectivity index (χ1n) is 4.47. The van der Waals surface area contributed by atoms with Gasteiger partial charge in [0.15, 0.2) is 0 Å². The van der Waals surface area contributed by atoms with Gasteiger partial charge in [0.05, 0.1) is 4.90 Å². The summed E-state index contributed by atoms with van der Waals surface area (Å²) in [5.74, 6) is 0. The van der Waals surface area contributed by atoms with Crippen molar-refractivity contribution >= 4 is 15.8 Å². The third-order valence-corrected chi connectivity index (χ3v) is 3.10. The Morgan fingerprint density at radius 1 is 1.47 bits per heavy atom. The minimum atomic E-state index is -4.07. The standard InChI is InChI=1S/C9H13NO4S/c1-2-3-7-6-8(10)4-5-9(7)15(12,13)14-11/h4-6,11H,2-3,10H2,1H3. The molecule has 5 nitrogen and oxygen atoms in total. The van der Waals surface area contributed by atoms with Gasteiger partial charge in [-0.05, 0) is 30.2 Å². The predicted octanol–water partition coefficient (Wildman–Crippen LogP) is 1.40. The maximum absolute atomic E-state index is 11.3. The second kappa shape index (κ2) is 4.61. The van der Waals surface area contributed by atoms with Crippen LogP contribution in [0.3, 0.4) is 0 Å². The second-order valence-electron chi connectivity index (χ2n) is 3.15. The fourth-order valence-corrected chi connectivity index (χ4v) is 2.15. The fourth-order valence-electron chi connectivity index (χ4n) is 1.35. The molecule has 84 valence electrons. The van der Waals surface area contributed by atoms with Crippen LogP contribution in [0.2, 0.25) is 0 Å². The molecule has 1 aromatic carbocycles. The summed E-state index contributed by atoms with van der Waals surface area (Å²) in [4.78, 5) is -0.0407. The molecular weight excluding hydrogens is 218 g/mol. The molecule has 0 radical (unpaired) electrons. The summed E-state index contributed by atoms with van der Waals surface area (Å²) < 4.78 is 26.1. The summed E-state index contributed by atoms with van der Waals surface area (Å²) in [6.45, 7) is 1.92. The van der Waals surface area contributed by atoms with Gasteiger partial charge in [0, 0.05) is 5.69 Å². The van der Waals surface area contributed by atoms with Crippen molar-refractivity contribution in [2.45, 2.75) is 24.7 Å². The molecule has 0 aromatic heterocycles. The molecule has 0 fully saturated rings. The van der Waals surface area contributed by atoms with Crippen molar-refractivity contribution in [2.24, 2.45) is 0 Å². The number of hydrogen-bond acceptors (Lipinski definition) is 5. The molecule has 0 atom stereocenters. The van der Waals surface area contributed by atoms with Gasteiger partial charge in [0.25, 0.3) is 0 Å². The van der Waals surface area contributed by atoms with Crippen molar-refractivity contribution in [1.29, 1.82) is 0 Å². The Bertz CT molecular complexity index is 441. The largest absolute Gasteiger partial charge is 0.399 e. The van der Waals surface area contributed by atoms with Crippen LogP contribution in [0.25, 0.3) is 0 Å². The van der Waals surface area contributed by atoms with Crippen LogP contribution >= 0.6 is 0 Å². The van der Waals surface area contributed by atoms with Crippen LogP contribution < -0.4 is 5.73 Å². The molecule has 0 saturated heterocycles. The molecule has 0 amide bonds. The highest BCUT2D eigenvalue weighted by Crippen LogP contribution is 2.21. The Morgan fingerprint density at radius 2 is 2.13 bits per heavy atom. The first-order chi connectivity index (χ1) is 7.01. The summed E-state index contributed by atoms with van der Waals surface area (Å²) in [6, 6.07) is 4.34. The summed E-state index contributed by atoms with van der Waals surface area (Å²) in [7, 11) is -4.07. The third kappa shape index (κ3) is 2.68.